The number of pyridine rings is 1. The van der Waals surface area contributed by atoms with E-state index in [-0.39, 0.29) is 11.3 Å². The molecule has 4 aromatic rings. The Balaban J connectivity index is 1.70. The maximum Gasteiger partial charge on any atom is 0.190 e. The van der Waals surface area contributed by atoms with Gasteiger partial charge in [0, 0.05) is 38.5 Å². The minimum absolute atomic E-state index is 0.109. The Hall–Kier alpha value is -2.23. The molecule has 1 aliphatic carbocycles. The summed E-state index contributed by atoms with van der Waals surface area (Å²) in [5.74, 6) is 0.266. The first-order valence-electron chi connectivity index (χ1n) is 10.3. The Bertz CT molecular complexity index is 1150. The first kappa shape index (κ1) is 18.5. The van der Waals surface area contributed by atoms with E-state index in [2.05, 4.69) is 134 Å². The zero-order valence-electron chi connectivity index (χ0n) is 16.3. The van der Waals surface area contributed by atoms with Crippen molar-refractivity contribution in [3.8, 4) is 0 Å². The van der Waals surface area contributed by atoms with E-state index in [0.717, 1.165) is 15.4 Å². The van der Waals surface area contributed by atoms with Gasteiger partial charge in [-0.05, 0) is 41.0 Å². The molecule has 7 rings (SSSR count). The second-order valence-electron chi connectivity index (χ2n) is 8.30. The van der Waals surface area contributed by atoms with Crippen molar-refractivity contribution < 1.29 is 4.57 Å². The molecule has 0 saturated carbocycles. The monoisotopic (exact) mass is 516 g/mol. The average Bonchev–Trinajstić information content (AvgIpc) is 2.80. The fourth-order valence-electron chi connectivity index (χ4n) is 5.76. The lowest BCUT2D eigenvalue weighted by Gasteiger charge is -2.50. The van der Waals surface area contributed by atoms with Crippen LogP contribution in [0.1, 0.15) is 46.3 Å². The van der Waals surface area contributed by atoms with Gasteiger partial charge in [0.15, 0.2) is 17.9 Å². The highest BCUT2D eigenvalue weighted by atomic mass is 79.9. The number of halogens is 2. The van der Waals surface area contributed by atoms with E-state index in [1.165, 1.54) is 27.9 Å². The number of rotatable bonds is 2. The molecule has 3 heterocycles. The SMILES string of the molecule is Brc1ccc(C2(c3ccc(Br)cc3)C[C@@H]3c4ccccc4[C@H]2c2cccc[n+]23)cc1. The van der Waals surface area contributed by atoms with Crippen LogP contribution in [0.15, 0.2) is 106 Å². The van der Waals surface area contributed by atoms with E-state index in [9.17, 15) is 0 Å². The summed E-state index contributed by atoms with van der Waals surface area (Å²) in [7, 11) is 0. The highest BCUT2D eigenvalue weighted by Crippen LogP contribution is 2.59. The predicted molar refractivity (Wildman–Crippen MR) is 127 cm³/mol. The summed E-state index contributed by atoms with van der Waals surface area (Å²) in [5.41, 5.74) is 6.99. The molecule has 0 amide bonds. The summed E-state index contributed by atoms with van der Waals surface area (Å²) in [6.45, 7) is 0. The Morgan fingerprint density at radius 1 is 0.667 bits per heavy atom. The molecule has 0 saturated heterocycles. The summed E-state index contributed by atoms with van der Waals surface area (Å²) < 4.78 is 4.74. The fourth-order valence-corrected chi connectivity index (χ4v) is 6.29. The summed E-state index contributed by atoms with van der Waals surface area (Å²) >= 11 is 7.27. The summed E-state index contributed by atoms with van der Waals surface area (Å²) in [5, 5.41) is 0. The van der Waals surface area contributed by atoms with Crippen LogP contribution in [0.3, 0.4) is 0 Å². The normalized spacial score (nSPS) is 20.5. The molecule has 3 aliphatic rings. The topological polar surface area (TPSA) is 3.88 Å². The molecule has 0 unspecified atom stereocenters. The molecule has 146 valence electrons. The van der Waals surface area contributed by atoms with Gasteiger partial charge in [-0.15, -0.1) is 0 Å². The van der Waals surface area contributed by atoms with Crippen molar-refractivity contribution in [1.82, 2.24) is 0 Å². The summed E-state index contributed by atoms with van der Waals surface area (Å²) in [4.78, 5) is 0. The maximum absolute atomic E-state index is 3.64. The van der Waals surface area contributed by atoms with Crippen LogP contribution in [0.4, 0.5) is 0 Å². The zero-order valence-corrected chi connectivity index (χ0v) is 19.5. The van der Waals surface area contributed by atoms with Crippen LogP contribution in [0.2, 0.25) is 0 Å². The number of benzene rings is 3. The number of hydrogen-bond acceptors (Lipinski definition) is 0. The van der Waals surface area contributed by atoms with Crippen LogP contribution in [-0.2, 0) is 5.41 Å². The van der Waals surface area contributed by atoms with Gasteiger partial charge >= 0.3 is 0 Å². The summed E-state index contributed by atoms with van der Waals surface area (Å²) in [6, 6.07) is 34.0. The van der Waals surface area contributed by atoms with Crippen molar-refractivity contribution in [2.24, 2.45) is 0 Å². The Morgan fingerprint density at radius 2 is 1.23 bits per heavy atom. The third-order valence-corrected chi connectivity index (χ3v) is 8.00. The minimum Gasteiger partial charge on any atom is -0.195 e. The molecule has 1 nitrogen and oxygen atoms in total. The largest absolute Gasteiger partial charge is 0.195 e. The molecular formula is C27H20Br2N+. The van der Waals surface area contributed by atoms with Gasteiger partial charge in [-0.2, -0.15) is 4.57 Å². The van der Waals surface area contributed by atoms with Crippen LogP contribution in [0.5, 0.6) is 0 Å². The van der Waals surface area contributed by atoms with E-state index in [0.29, 0.717) is 6.04 Å². The fraction of sp³-hybridized carbons (Fsp3) is 0.148. The van der Waals surface area contributed by atoms with Crippen LogP contribution in [0, 0.1) is 0 Å². The first-order valence-corrected chi connectivity index (χ1v) is 11.9. The molecule has 3 aromatic carbocycles. The molecule has 0 fully saturated rings. The van der Waals surface area contributed by atoms with Crippen LogP contribution in [-0.4, -0.2) is 0 Å². The van der Waals surface area contributed by atoms with E-state index in [1.807, 2.05) is 0 Å². The van der Waals surface area contributed by atoms with Crippen molar-refractivity contribution >= 4 is 31.9 Å². The zero-order chi connectivity index (χ0) is 20.3. The quantitative estimate of drug-likeness (QED) is 0.254. The van der Waals surface area contributed by atoms with Crippen molar-refractivity contribution in [1.29, 1.82) is 0 Å². The molecule has 2 atom stereocenters. The Morgan fingerprint density at radius 3 is 1.87 bits per heavy atom. The minimum atomic E-state index is -0.109. The Labute approximate surface area is 193 Å². The molecule has 1 aromatic heterocycles. The Kier molecular flexibility index (Phi) is 4.26. The van der Waals surface area contributed by atoms with Gasteiger partial charge in [-0.25, -0.2) is 0 Å². The van der Waals surface area contributed by atoms with Crippen LogP contribution >= 0.6 is 31.9 Å². The van der Waals surface area contributed by atoms with Crippen LogP contribution in [0.25, 0.3) is 0 Å². The molecule has 3 heteroatoms. The number of aromatic nitrogens is 1. The van der Waals surface area contributed by atoms with Gasteiger partial charge in [-0.1, -0.05) is 86.5 Å². The van der Waals surface area contributed by atoms with Crippen molar-refractivity contribution in [2.75, 3.05) is 0 Å². The molecule has 0 radical (unpaired) electrons. The van der Waals surface area contributed by atoms with Gasteiger partial charge in [0.1, 0.15) is 0 Å². The number of nitrogens with zero attached hydrogens (tertiary/aromatic N) is 1. The lowest BCUT2D eigenvalue weighted by Crippen LogP contribution is -2.60. The van der Waals surface area contributed by atoms with Gasteiger partial charge in [0.25, 0.3) is 0 Å². The van der Waals surface area contributed by atoms with Gasteiger partial charge in [0.2, 0.25) is 0 Å². The lowest BCUT2D eigenvalue weighted by molar-refractivity contribution is -0.732. The molecule has 0 spiro atoms. The summed E-state index contributed by atoms with van der Waals surface area (Å²) in [6.07, 6.45) is 3.32. The molecule has 0 N–H and O–H groups in total. The third-order valence-electron chi connectivity index (χ3n) is 6.95. The second-order valence-corrected chi connectivity index (χ2v) is 10.1. The van der Waals surface area contributed by atoms with Crippen molar-refractivity contribution in [3.05, 3.63) is 134 Å². The standard InChI is InChI=1S/C27H20Br2N/c28-20-12-8-18(9-13-20)27(19-10-14-21(29)15-11-19)17-25-22-5-1-2-6-23(22)26(27)24-7-3-4-16-30(24)25/h1-16,25-26H,17H2/q+1/t25-,26+/m1/s1. The molecule has 2 aliphatic heterocycles. The van der Waals surface area contributed by atoms with E-state index < -0.39 is 0 Å². The lowest BCUT2D eigenvalue weighted by atomic mass is 9.53. The third kappa shape index (κ3) is 2.55. The molecular weight excluding hydrogens is 498 g/mol. The van der Waals surface area contributed by atoms with Crippen LogP contribution < -0.4 is 4.57 Å². The molecule has 2 bridgehead atoms. The van der Waals surface area contributed by atoms with E-state index in [1.54, 1.807) is 0 Å². The highest BCUT2D eigenvalue weighted by Gasteiger charge is 2.59. The second kappa shape index (κ2) is 6.90. The highest BCUT2D eigenvalue weighted by molar-refractivity contribution is 9.10. The number of hydrogen-bond donors (Lipinski definition) is 0. The smallest absolute Gasteiger partial charge is 0.190 e. The van der Waals surface area contributed by atoms with E-state index >= 15 is 0 Å². The first-order chi connectivity index (χ1) is 14.7. The maximum atomic E-state index is 3.64. The van der Waals surface area contributed by atoms with Crippen molar-refractivity contribution in [3.63, 3.8) is 0 Å². The van der Waals surface area contributed by atoms with Gasteiger partial charge < -0.3 is 0 Å². The van der Waals surface area contributed by atoms with Gasteiger partial charge in [-0.3, -0.25) is 0 Å². The predicted octanol–water partition coefficient (Wildman–Crippen LogP) is 6.92. The number of fused-ring (bicyclic) bond motifs is 1. The van der Waals surface area contributed by atoms with Gasteiger partial charge in [0.05, 0.1) is 5.92 Å². The molecule has 30 heavy (non-hydrogen) atoms. The van der Waals surface area contributed by atoms with Crippen molar-refractivity contribution in [2.45, 2.75) is 23.8 Å². The van der Waals surface area contributed by atoms with E-state index in [4.69, 9.17) is 0 Å². The average molecular weight is 518 g/mol.